The van der Waals surface area contributed by atoms with Crippen LogP contribution >= 0.6 is 15.9 Å². The summed E-state index contributed by atoms with van der Waals surface area (Å²) in [6, 6.07) is 0. The first kappa shape index (κ1) is 7.73. The van der Waals surface area contributed by atoms with E-state index in [1.807, 2.05) is 26.2 Å². The molecule has 0 aromatic carbocycles. The fourth-order valence-corrected chi connectivity index (χ4v) is 1.47. The SMILES string of the molecule is Cc1cnc2c(Br)c(C)nn2c1. The molecule has 0 radical (unpaired) electrons. The third kappa shape index (κ3) is 1.03. The van der Waals surface area contributed by atoms with E-state index >= 15 is 0 Å². The van der Waals surface area contributed by atoms with Gasteiger partial charge < -0.3 is 0 Å². The van der Waals surface area contributed by atoms with Crippen molar-refractivity contribution in [3.05, 3.63) is 28.1 Å². The topological polar surface area (TPSA) is 30.2 Å². The Morgan fingerprint density at radius 3 is 2.92 bits per heavy atom. The number of aromatic nitrogens is 3. The number of nitrogens with zero attached hydrogens (tertiary/aromatic N) is 3. The third-order valence-corrected chi connectivity index (χ3v) is 2.63. The maximum absolute atomic E-state index is 4.28. The lowest BCUT2D eigenvalue weighted by atomic mass is 10.4. The van der Waals surface area contributed by atoms with Crippen LogP contribution in [0, 0.1) is 13.8 Å². The molecule has 0 bridgehead atoms. The fraction of sp³-hybridized carbons (Fsp3) is 0.250. The first-order valence-corrected chi connectivity index (χ1v) is 4.45. The van der Waals surface area contributed by atoms with E-state index < -0.39 is 0 Å². The van der Waals surface area contributed by atoms with Crippen LogP contribution in [0.3, 0.4) is 0 Å². The molecule has 2 rings (SSSR count). The summed E-state index contributed by atoms with van der Waals surface area (Å²) in [6.45, 7) is 3.95. The normalized spacial score (nSPS) is 10.9. The number of hydrogen-bond donors (Lipinski definition) is 0. The molecular weight excluding hydrogens is 218 g/mol. The smallest absolute Gasteiger partial charge is 0.169 e. The van der Waals surface area contributed by atoms with Gasteiger partial charge in [0, 0.05) is 12.4 Å². The second-order valence-electron chi connectivity index (χ2n) is 2.80. The van der Waals surface area contributed by atoms with Crippen molar-refractivity contribution in [2.75, 3.05) is 0 Å². The zero-order valence-electron chi connectivity index (χ0n) is 6.87. The summed E-state index contributed by atoms with van der Waals surface area (Å²) < 4.78 is 2.76. The molecule has 0 unspecified atom stereocenters. The van der Waals surface area contributed by atoms with Crippen molar-refractivity contribution in [1.29, 1.82) is 0 Å². The lowest BCUT2D eigenvalue weighted by Gasteiger charge is -1.92. The van der Waals surface area contributed by atoms with Crippen LogP contribution in [0.2, 0.25) is 0 Å². The maximum atomic E-state index is 4.28. The quantitative estimate of drug-likeness (QED) is 0.688. The molecule has 2 heterocycles. The van der Waals surface area contributed by atoms with Gasteiger partial charge in [0.2, 0.25) is 0 Å². The van der Waals surface area contributed by atoms with Gasteiger partial charge in [-0.25, -0.2) is 9.50 Å². The van der Waals surface area contributed by atoms with E-state index in [0.717, 1.165) is 21.4 Å². The summed E-state index contributed by atoms with van der Waals surface area (Å²) in [5.41, 5.74) is 2.95. The van der Waals surface area contributed by atoms with Gasteiger partial charge in [-0.1, -0.05) is 0 Å². The Morgan fingerprint density at radius 2 is 2.17 bits per heavy atom. The molecule has 0 aliphatic carbocycles. The highest BCUT2D eigenvalue weighted by Crippen LogP contribution is 2.19. The Bertz CT molecular complexity index is 433. The zero-order valence-corrected chi connectivity index (χ0v) is 8.46. The molecule has 4 heteroatoms. The van der Waals surface area contributed by atoms with Gasteiger partial charge in [0.05, 0.1) is 10.2 Å². The van der Waals surface area contributed by atoms with E-state index in [1.165, 1.54) is 0 Å². The van der Waals surface area contributed by atoms with Gasteiger partial charge in [-0.05, 0) is 35.3 Å². The molecule has 3 nitrogen and oxygen atoms in total. The Morgan fingerprint density at radius 1 is 1.42 bits per heavy atom. The summed E-state index contributed by atoms with van der Waals surface area (Å²) in [7, 11) is 0. The number of hydrogen-bond acceptors (Lipinski definition) is 2. The maximum Gasteiger partial charge on any atom is 0.169 e. The second-order valence-corrected chi connectivity index (χ2v) is 3.59. The number of rotatable bonds is 0. The highest BCUT2D eigenvalue weighted by Gasteiger charge is 2.06. The number of aryl methyl sites for hydroxylation is 2. The van der Waals surface area contributed by atoms with Gasteiger partial charge in [0.25, 0.3) is 0 Å². The van der Waals surface area contributed by atoms with Crippen LogP contribution in [0.5, 0.6) is 0 Å². The van der Waals surface area contributed by atoms with Crippen LogP contribution in [0.25, 0.3) is 5.65 Å². The molecule has 0 saturated heterocycles. The first-order valence-electron chi connectivity index (χ1n) is 3.65. The molecule has 0 N–H and O–H groups in total. The van der Waals surface area contributed by atoms with E-state index in [1.54, 1.807) is 4.52 Å². The van der Waals surface area contributed by atoms with E-state index in [2.05, 4.69) is 26.0 Å². The minimum atomic E-state index is 0.873. The Kier molecular flexibility index (Phi) is 1.65. The highest BCUT2D eigenvalue weighted by molar-refractivity contribution is 9.10. The van der Waals surface area contributed by atoms with Gasteiger partial charge in [0.15, 0.2) is 5.65 Å². The van der Waals surface area contributed by atoms with Crippen molar-refractivity contribution in [1.82, 2.24) is 14.6 Å². The van der Waals surface area contributed by atoms with Crippen LogP contribution in [0.4, 0.5) is 0 Å². The standard InChI is InChI=1S/C8H8BrN3/c1-5-3-10-8-7(9)6(2)11-12(8)4-5/h3-4H,1-2H3. The van der Waals surface area contributed by atoms with Gasteiger partial charge in [0.1, 0.15) is 0 Å². The van der Waals surface area contributed by atoms with E-state index in [-0.39, 0.29) is 0 Å². The predicted octanol–water partition coefficient (Wildman–Crippen LogP) is 2.11. The lowest BCUT2D eigenvalue weighted by molar-refractivity contribution is 0.907. The van der Waals surface area contributed by atoms with Crippen LogP contribution in [0.1, 0.15) is 11.3 Å². The molecule has 0 atom stereocenters. The van der Waals surface area contributed by atoms with Crippen molar-refractivity contribution >= 4 is 21.6 Å². The lowest BCUT2D eigenvalue weighted by Crippen LogP contribution is -1.90. The fourth-order valence-electron chi connectivity index (χ4n) is 1.11. The molecule has 0 spiro atoms. The van der Waals surface area contributed by atoms with Crippen molar-refractivity contribution in [3.63, 3.8) is 0 Å². The zero-order chi connectivity index (χ0) is 8.72. The summed E-state index contributed by atoms with van der Waals surface area (Å²) in [4.78, 5) is 4.25. The molecule has 0 aliphatic heterocycles. The minimum absolute atomic E-state index is 0.873. The molecule has 12 heavy (non-hydrogen) atoms. The van der Waals surface area contributed by atoms with Crippen molar-refractivity contribution in [2.45, 2.75) is 13.8 Å². The van der Waals surface area contributed by atoms with Crippen molar-refractivity contribution < 1.29 is 0 Å². The van der Waals surface area contributed by atoms with E-state index in [9.17, 15) is 0 Å². The average Bonchev–Trinajstić information content (AvgIpc) is 2.28. The average molecular weight is 226 g/mol. The Labute approximate surface area is 78.6 Å². The molecule has 2 aromatic rings. The summed E-state index contributed by atoms with van der Waals surface area (Å²) >= 11 is 3.43. The molecule has 0 fully saturated rings. The van der Waals surface area contributed by atoms with E-state index in [4.69, 9.17) is 0 Å². The minimum Gasteiger partial charge on any atom is -0.236 e. The van der Waals surface area contributed by atoms with Crippen LogP contribution in [-0.4, -0.2) is 14.6 Å². The van der Waals surface area contributed by atoms with Crippen molar-refractivity contribution in [3.8, 4) is 0 Å². The van der Waals surface area contributed by atoms with Crippen LogP contribution in [-0.2, 0) is 0 Å². The summed E-state index contributed by atoms with van der Waals surface area (Å²) in [5.74, 6) is 0. The first-order chi connectivity index (χ1) is 5.68. The molecule has 0 aliphatic rings. The van der Waals surface area contributed by atoms with Crippen LogP contribution in [0.15, 0.2) is 16.9 Å². The van der Waals surface area contributed by atoms with Gasteiger partial charge in [-0.2, -0.15) is 5.10 Å². The monoisotopic (exact) mass is 225 g/mol. The number of halogens is 1. The van der Waals surface area contributed by atoms with E-state index in [0.29, 0.717) is 0 Å². The summed E-state index contributed by atoms with van der Waals surface area (Å²) in [6.07, 6.45) is 3.79. The number of fused-ring (bicyclic) bond motifs is 1. The van der Waals surface area contributed by atoms with Crippen molar-refractivity contribution in [2.24, 2.45) is 0 Å². The third-order valence-electron chi connectivity index (χ3n) is 1.71. The Balaban J connectivity index is 2.87. The molecule has 0 amide bonds. The van der Waals surface area contributed by atoms with Gasteiger partial charge in [-0.15, -0.1) is 0 Å². The van der Waals surface area contributed by atoms with Gasteiger partial charge in [-0.3, -0.25) is 0 Å². The molecule has 62 valence electrons. The largest absolute Gasteiger partial charge is 0.236 e. The highest BCUT2D eigenvalue weighted by atomic mass is 79.9. The molecular formula is C8H8BrN3. The predicted molar refractivity (Wildman–Crippen MR) is 50.2 cm³/mol. The molecule has 0 saturated carbocycles. The van der Waals surface area contributed by atoms with Crippen LogP contribution < -0.4 is 0 Å². The summed E-state index contributed by atoms with van der Waals surface area (Å²) in [5, 5.41) is 4.28. The second kappa shape index (κ2) is 2.55. The Hall–Kier alpha value is -0.900. The van der Waals surface area contributed by atoms with Gasteiger partial charge >= 0.3 is 0 Å². The molecule has 2 aromatic heterocycles.